The van der Waals surface area contributed by atoms with Crippen molar-refractivity contribution in [2.75, 3.05) is 11.9 Å². The molecule has 0 saturated carbocycles. The van der Waals surface area contributed by atoms with E-state index in [2.05, 4.69) is 5.32 Å². The molecule has 0 aliphatic heterocycles. The number of carbonyl (C=O) groups is 2. The number of carboxylic acid groups (broad SMARTS) is 2. The molecule has 0 bridgehead atoms. The van der Waals surface area contributed by atoms with Gasteiger partial charge in [0.05, 0.1) is 5.41 Å². The maximum absolute atomic E-state index is 11.2. The second kappa shape index (κ2) is 4.86. The molecule has 17 heavy (non-hydrogen) atoms. The smallest absolute Gasteiger partial charge is 0.322 e. The van der Waals surface area contributed by atoms with E-state index in [9.17, 15) is 9.59 Å². The fourth-order valence-corrected chi connectivity index (χ4v) is 1.47. The van der Waals surface area contributed by atoms with Crippen LogP contribution in [0, 0.1) is 0 Å². The first-order valence-electron chi connectivity index (χ1n) is 5.14. The van der Waals surface area contributed by atoms with Crippen LogP contribution < -0.4 is 5.32 Å². The van der Waals surface area contributed by atoms with Crippen molar-refractivity contribution in [1.82, 2.24) is 0 Å². The average Bonchev–Trinajstić information content (AvgIpc) is 2.26. The van der Waals surface area contributed by atoms with Crippen LogP contribution in [0.15, 0.2) is 24.3 Å². The van der Waals surface area contributed by atoms with Gasteiger partial charge in [-0.25, -0.2) is 0 Å². The van der Waals surface area contributed by atoms with Crippen LogP contribution in [-0.4, -0.2) is 28.7 Å². The molecule has 1 aromatic carbocycles. The highest BCUT2D eigenvalue weighted by Gasteiger charge is 2.31. The predicted octanol–water partition coefficient (Wildman–Crippen LogP) is 1.55. The summed E-state index contributed by atoms with van der Waals surface area (Å²) in [4.78, 5) is 21.7. The molecule has 0 radical (unpaired) electrons. The van der Waals surface area contributed by atoms with Crippen molar-refractivity contribution in [3.63, 3.8) is 0 Å². The third kappa shape index (κ3) is 2.96. The highest BCUT2D eigenvalue weighted by Crippen LogP contribution is 2.29. The molecule has 1 rings (SSSR count). The van der Waals surface area contributed by atoms with Gasteiger partial charge in [0, 0.05) is 5.69 Å². The third-order valence-electron chi connectivity index (χ3n) is 2.57. The van der Waals surface area contributed by atoms with Crippen molar-refractivity contribution in [2.45, 2.75) is 19.3 Å². The van der Waals surface area contributed by atoms with Gasteiger partial charge in [0.15, 0.2) is 0 Å². The first-order chi connectivity index (χ1) is 7.85. The number of rotatable bonds is 5. The van der Waals surface area contributed by atoms with Crippen LogP contribution in [-0.2, 0) is 15.0 Å². The lowest BCUT2D eigenvalue weighted by Gasteiger charge is -2.23. The number of benzene rings is 1. The number of nitrogens with one attached hydrogen (secondary N) is 1. The van der Waals surface area contributed by atoms with E-state index in [1.807, 2.05) is 0 Å². The Morgan fingerprint density at radius 1 is 1.24 bits per heavy atom. The molecular formula is C12H15NO4. The van der Waals surface area contributed by atoms with Gasteiger partial charge < -0.3 is 15.5 Å². The first kappa shape index (κ1) is 13.0. The van der Waals surface area contributed by atoms with Gasteiger partial charge in [-0.15, -0.1) is 0 Å². The second-order valence-electron chi connectivity index (χ2n) is 4.22. The molecule has 0 aliphatic carbocycles. The zero-order valence-corrected chi connectivity index (χ0v) is 9.73. The van der Waals surface area contributed by atoms with E-state index in [-0.39, 0.29) is 6.54 Å². The van der Waals surface area contributed by atoms with E-state index in [1.165, 1.54) is 0 Å². The van der Waals surface area contributed by atoms with Gasteiger partial charge in [-0.2, -0.15) is 0 Å². The zero-order chi connectivity index (χ0) is 13.1. The van der Waals surface area contributed by atoms with Crippen LogP contribution in [0.1, 0.15) is 19.4 Å². The van der Waals surface area contributed by atoms with Crippen LogP contribution in [0.25, 0.3) is 0 Å². The Labute approximate surface area is 99.1 Å². The fourth-order valence-electron chi connectivity index (χ4n) is 1.47. The number of hydrogen-bond donors (Lipinski definition) is 3. The second-order valence-corrected chi connectivity index (χ2v) is 4.22. The number of hydrogen-bond acceptors (Lipinski definition) is 3. The van der Waals surface area contributed by atoms with Gasteiger partial charge in [-0.3, -0.25) is 9.59 Å². The summed E-state index contributed by atoms with van der Waals surface area (Å²) in [5, 5.41) is 20.5. The van der Waals surface area contributed by atoms with Crippen molar-refractivity contribution in [2.24, 2.45) is 0 Å². The molecule has 1 aromatic rings. The van der Waals surface area contributed by atoms with Gasteiger partial charge in [0.1, 0.15) is 6.54 Å². The van der Waals surface area contributed by atoms with Gasteiger partial charge in [-0.05, 0) is 25.5 Å². The molecule has 5 heteroatoms. The molecule has 3 N–H and O–H groups in total. The maximum atomic E-state index is 11.2. The third-order valence-corrected chi connectivity index (χ3v) is 2.57. The lowest BCUT2D eigenvalue weighted by Crippen LogP contribution is -2.30. The Bertz CT molecular complexity index is 440. The van der Waals surface area contributed by atoms with Crippen LogP contribution in [0.2, 0.25) is 0 Å². The maximum Gasteiger partial charge on any atom is 0.322 e. The molecule has 0 heterocycles. The summed E-state index contributed by atoms with van der Waals surface area (Å²) in [5.74, 6) is -1.95. The number of aliphatic carboxylic acids is 2. The quantitative estimate of drug-likeness (QED) is 0.723. The lowest BCUT2D eigenvalue weighted by molar-refractivity contribution is -0.142. The fraction of sp³-hybridized carbons (Fsp3) is 0.333. The van der Waals surface area contributed by atoms with E-state index in [0.717, 1.165) is 0 Å². The molecular weight excluding hydrogens is 222 g/mol. The number of para-hydroxylation sites is 1. The zero-order valence-electron chi connectivity index (χ0n) is 9.73. The minimum Gasteiger partial charge on any atom is -0.481 e. The summed E-state index contributed by atoms with van der Waals surface area (Å²) in [6.45, 7) is 2.92. The van der Waals surface area contributed by atoms with E-state index in [1.54, 1.807) is 38.1 Å². The van der Waals surface area contributed by atoms with Gasteiger partial charge in [0.25, 0.3) is 0 Å². The molecule has 5 nitrogen and oxygen atoms in total. The van der Waals surface area contributed by atoms with Gasteiger partial charge >= 0.3 is 11.9 Å². The van der Waals surface area contributed by atoms with E-state index >= 15 is 0 Å². The van der Waals surface area contributed by atoms with Gasteiger partial charge in [-0.1, -0.05) is 18.2 Å². The molecule has 0 amide bonds. The molecule has 0 unspecified atom stereocenters. The molecule has 0 aliphatic rings. The summed E-state index contributed by atoms with van der Waals surface area (Å²) in [6.07, 6.45) is 0. The minimum atomic E-state index is -1.07. The molecule has 0 saturated heterocycles. The molecule has 92 valence electrons. The number of anilines is 1. The van der Waals surface area contributed by atoms with E-state index < -0.39 is 17.4 Å². The summed E-state index contributed by atoms with van der Waals surface area (Å²) in [5.41, 5.74) is 0.0262. The van der Waals surface area contributed by atoms with Crippen LogP contribution >= 0.6 is 0 Å². The summed E-state index contributed by atoms with van der Waals surface area (Å²) >= 11 is 0. The Morgan fingerprint density at radius 2 is 1.82 bits per heavy atom. The average molecular weight is 237 g/mol. The van der Waals surface area contributed by atoms with Crippen LogP contribution in [0.5, 0.6) is 0 Å². The highest BCUT2D eigenvalue weighted by molar-refractivity contribution is 5.83. The van der Waals surface area contributed by atoms with E-state index in [4.69, 9.17) is 10.2 Å². The Hall–Kier alpha value is -2.04. The topological polar surface area (TPSA) is 86.6 Å². The van der Waals surface area contributed by atoms with Crippen molar-refractivity contribution in [1.29, 1.82) is 0 Å². The molecule has 0 fully saturated rings. The highest BCUT2D eigenvalue weighted by atomic mass is 16.4. The lowest BCUT2D eigenvalue weighted by atomic mass is 9.83. The summed E-state index contributed by atoms with van der Waals surface area (Å²) < 4.78 is 0. The number of carboxylic acids is 2. The van der Waals surface area contributed by atoms with Crippen molar-refractivity contribution in [3.8, 4) is 0 Å². The van der Waals surface area contributed by atoms with Crippen molar-refractivity contribution < 1.29 is 19.8 Å². The molecule has 0 aromatic heterocycles. The standard InChI is InChI=1S/C12H15NO4/c1-12(2,11(16)17)8-5-3-4-6-9(8)13-7-10(14)15/h3-6,13H,7H2,1-2H3,(H,14,15)(H,16,17). The normalized spacial score (nSPS) is 10.9. The largest absolute Gasteiger partial charge is 0.481 e. The minimum absolute atomic E-state index is 0.243. The van der Waals surface area contributed by atoms with Crippen LogP contribution in [0.3, 0.4) is 0 Å². The summed E-state index contributed by atoms with van der Waals surface area (Å²) in [7, 11) is 0. The molecule has 0 spiro atoms. The Balaban J connectivity index is 3.07. The van der Waals surface area contributed by atoms with Crippen molar-refractivity contribution >= 4 is 17.6 Å². The van der Waals surface area contributed by atoms with Crippen molar-refractivity contribution in [3.05, 3.63) is 29.8 Å². The SMILES string of the molecule is CC(C)(C(=O)O)c1ccccc1NCC(=O)O. The van der Waals surface area contributed by atoms with E-state index in [0.29, 0.717) is 11.3 Å². The monoisotopic (exact) mass is 237 g/mol. The Morgan fingerprint density at radius 3 is 2.35 bits per heavy atom. The summed E-state index contributed by atoms with van der Waals surface area (Å²) in [6, 6.07) is 6.80. The van der Waals surface area contributed by atoms with Gasteiger partial charge in [0.2, 0.25) is 0 Å². The predicted molar refractivity (Wildman–Crippen MR) is 63.2 cm³/mol. The first-order valence-corrected chi connectivity index (χ1v) is 5.14. The molecule has 0 atom stereocenters. The Kier molecular flexibility index (Phi) is 3.73. The van der Waals surface area contributed by atoms with Crippen LogP contribution in [0.4, 0.5) is 5.69 Å².